The van der Waals surface area contributed by atoms with Crippen LogP contribution in [0.25, 0.3) is 5.69 Å². The predicted octanol–water partition coefficient (Wildman–Crippen LogP) is 1.30. The van der Waals surface area contributed by atoms with Gasteiger partial charge in [-0.2, -0.15) is 5.10 Å². The lowest BCUT2D eigenvalue weighted by Crippen LogP contribution is -2.15. The predicted molar refractivity (Wildman–Crippen MR) is 78.1 cm³/mol. The molecule has 3 rings (SSSR count). The smallest absolute Gasteiger partial charge is 0.269 e. The van der Waals surface area contributed by atoms with E-state index in [1.807, 2.05) is 54.3 Å². The highest BCUT2D eigenvalue weighted by Crippen LogP contribution is 2.15. The third-order valence-corrected chi connectivity index (χ3v) is 3.31. The molecule has 0 bridgehead atoms. The van der Waals surface area contributed by atoms with Crippen molar-refractivity contribution in [3.8, 4) is 5.69 Å². The molecule has 2 heterocycles. The summed E-state index contributed by atoms with van der Waals surface area (Å²) >= 11 is 0. The fourth-order valence-electron chi connectivity index (χ4n) is 2.20. The number of hydrogen-bond acceptors (Lipinski definition) is 3. The molecule has 2 aromatic heterocycles. The Kier molecular flexibility index (Phi) is 3.27. The number of carbonyl (C=O) groups excluding carboxylic acids is 1. The number of nitrogens with zero attached hydrogens (tertiary/aromatic N) is 4. The van der Waals surface area contributed by atoms with Gasteiger partial charge in [0.25, 0.3) is 5.91 Å². The molecule has 0 unspecified atom stereocenters. The minimum absolute atomic E-state index is 0.279. The summed E-state index contributed by atoms with van der Waals surface area (Å²) in [4.78, 5) is 15.9. The van der Waals surface area contributed by atoms with E-state index in [-0.39, 0.29) is 5.69 Å². The molecule has 106 valence electrons. The average molecular weight is 281 g/mol. The van der Waals surface area contributed by atoms with Gasteiger partial charge in [0.2, 0.25) is 0 Å². The number of hydrogen-bond donors (Lipinski definition) is 1. The topological polar surface area (TPSA) is 78.7 Å². The molecule has 0 fully saturated rings. The Labute approximate surface area is 121 Å². The number of primary amides is 1. The van der Waals surface area contributed by atoms with Crippen molar-refractivity contribution < 1.29 is 4.79 Å². The molecular formula is C15H15N5O. The highest BCUT2D eigenvalue weighted by Gasteiger charge is 2.16. The van der Waals surface area contributed by atoms with Crippen molar-refractivity contribution >= 4 is 5.91 Å². The lowest BCUT2D eigenvalue weighted by molar-refractivity contribution is 0.0994. The second kappa shape index (κ2) is 5.24. The van der Waals surface area contributed by atoms with Crippen LogP contribution in [-0.2, 0) is 13.5 Å². The van der Waals surface area contributed by atoms with Crippen LogP contribution >= 0.6 is 0 Å². The van der Waals surface area contributed by atoms with E-state index in [1.54, 1.807) is 10.9 Å². The van der Waals surface area contributed by atoms with Crippen molar-refractivity contribution in [2.24, 2.45) is 12.8 Å². The van der Waals surface area contributed by atoms with Crippen molar-refractivity contribution in [3.63, 3.8) is 0 Å². The van der Waals surface area contributed by atoms with Gasteiger partial charge in [-0.3, -0.25) is 4.79 Å². The van der Waals surface area contributed by atoms with Gasteiger partial charge in [-0.15, -0.1) is 0 Å². The number of carbonyl (C=O) groups is 1. The van der Waals surface area contributed by atoms with Crippen molar-refractivity contribution in [2.75, 3.05) is 0 Å². The number of para-hydroxylation sites is 1. The molecular weight excluding hydrogens is 266 g/mol. The molecule has 21 heavy (non-hydrogen) atoms. The zero-order chi connectivity index (χ0) is 14.8. The lowest BCUT2D eigenvalue weighted by atomic mass is 10.1. The number of aromatic nitrogens is 4. The normalized spacial score (nSPS) is 10.7. The van der Waals surface area contributed by atoms with E-state index in [4.69, 9.17) is 5.73 Å². The fourth-order valence-corrected chi connectivity index (χ4v) is 2.20. The van der Waals surface area contributed by atoms with Crippen molar-refractivity contribution in [1.82, 2.24) is 19.3 Å². The fraction of sp³-hybridized carbons (Fsp3) is 0.133. The molecule has 6 nitrogen and oxygen atoms in total. The van der Waals surface area contributed by atoms with Crippen LogP contribution in [0.2, 0.25) is 0 Å². The van der Waals surface area contributed by atoms with Gasteiger partial charge in [0.15, 0.2) is 5.69 Å². The highest BCUT2D eigenvalue weighted by atomic mass is 16.1. The number of aryl methyl sites for hydroxylation is 1. The van der Waals surface area contributed by atoms with Gasteiger partial charge in [0.05, 0.1) is 5.69 Å². The van der Waals surface area contributed by atoms with E-state index in [1.165, 1.54) is 0 Å². The van der Waals surface area contributed by atoms with Crippen LogP contribution in [0, 0.1) is 0 Å². The molecule has 6 heteroatoms. The van der Waals surface area contributed by atoms with E-state index in [0.717, 1.165) is 17.1 Å². The second-order valence-corrected chi connectivity index (χ2v) is 4.78. The molecule has 1 aromatic carbocycles. The van der Waals surface area contributed by atoms with Gasteiger partial charge in [0.1, 0.15) is 5.82 Å². The Bertz CT molecular complexity index is 772. The van der Waals surface area contributed by atoms with E-state index >= 15 is 0 Å². The van der Waals surface area contributed by atoms with E-state index in [2.05, 4.69) is 10.1 Å². The summed E-state index contributed by atoms with van der Waals surface area (Å²) in [6, 6.07) is 9.60. The number of rotatable bonds is 4. The summed E-state index contributed by atoms with van der Waals surface area (Å²) in [6.45, 7) is 0. The quantitative estimate of drug-likeness (QED) is 0.782. The third-order valence-electron chi connectivity index (χ3n) is 3.31. The first-order valence-electron chi connectivity index (χ1n) is 6.55. The van der Waals surface area contributed by atoms with Crippen LogP contribution < -0.4 is 5.73 Å². The molecule has 0 spiro atoms. The number of amides is 1. The van der Waals surface area contributed by atoms with Crippen molar-refractivity contribution in [1.29, 1.82) is 0 Å². The maximum Gasteiger partial charge on any atom is 0.269 e. The summed E-state index contributed by atoms with van der Waals surface area (Å²) < 4.78 is 3.57. The molecule has 2 N–H and O–H groups in total. The summed E-state index contributed by atoms with van der Waals surface area (Å²) in [5.41, 5.74) is 7.36. The first kappa shape index (κ1) is 13.1. The Morgan fingerprint density at radius 1 is 1.29 bits per heavy atom. The van der Waals surface area contributed by atoms with Crippen LogP contribution in [-0.4, -0.2) is 25.2 Å². The van der Waals surface area contributed by atoms with Crippen molar-refractivity contribution in [3.05, 3.63) is 66.0 Å². The first-order chi connectivity index (χ1) is 10.1. The van der Waals surface area contributed by atoms with Crippen LogP contribution in [0.4, 0.5) is 0 Å². The zero-order valence-electron chi connectivity index (χ0n) is 11.6. The Balaban J connectivity index is 2.01. The molecule has 0 aliphatic carbocycles. The van der Waals surface area contributed by atoms with E-state index < -0.39 is 5.91 Å². The highest BCUT2D eigenvalue weighted by molar-refractivity contribution is 5.92. The maximum atomic E-state index is 11.6. The largest absolute Gasteiger partial charge is 0.364 e. The van der Waals surface area contributed by atoms with Gasteiger partial charge in [-0.25, -0.2) is 9.67 Å². The van der Waals surface area contributed by atoms with Gasteiger partial charge in [-0.05, 0) is 12.1 Å². The monoisotopic (exact) mass is 281 g/mol. The number of imidazole rings is 1. The zero-order valence-corrected chi connectivity index (χ0v) is 11.6. The van der Waals surface area contributed by atoms with Crippen LogP contribution in [0.1, 0.15) is 21.9 Å². The third kappa shape index (κ3) is 2.55. The standard InChI is InChI=1S/C15H15N5O/c1-19-8-7-17-13(19)9-11-10-20(18-14(11)15(16)21)12-5-3-2-4-6-12/h2-8,10H,9H2,1H3,(H2,16,21). The molecule has 0 saturated carbocycles. The van der Waals surface area contributed by atoms with E-state index in [0.29, 0.717) is 6.42 Å². The number of benzene rings is 1. The summed E-state index contributed by atoms with van der Waals surface area (Å²) in [5.74, 6) is 0.319. The molecule has 0 atom stereocenters. The molecule has 3 aromatic rings. The van der Waals surface area contributed by atoms with Gasteiger partial charge >= 0.3 is 0 Å². The molecule has 0 radical (unpaired) electrons. The summed E-state index contributed by atoms with van der Waals surface area (Å²) in [5, 5.41) is 4.30. The molecule has 0 saturated heterocycles. The van der Waals surface area contributed by atoms with Crippen molar-refractivity contribution in [2.45, 2.75) is 6.42 Å². The minimum atomic E-state index is -0.533. The molecule has 0 aliphatic rings. The summed E-state index contributed by atoms with van der Waals surface area (Å²) in [7, 11) is 1.91. The molecule has 1 amide bonds. The van der Waals surface area contributed by atoms with E-state index in [9.17, 15) is 4.79 Å². The van der Waals surface area contributed by atoms with Gasteiger partial charge in [0, 0.05) is 37.6 Å². The minimum Gasteiger partial charge on any atom is -0.364 e. The lowest BCUT2D eigenvalue weighted by Gasteiger charge is -2.00. The Morgan fingerprint density at radius 3 is 2.67 bits per heavy atom. The maximum absolute atomic E-state index is 11.6. The Morgan fingerprint density at radius 2 is 2.05 bits per heavy atom. The first-order valence-corrected chi connectivity index (χ1v) is 6.55. The number of nitrogens with two attached hydrogens (primary N) is 1. The molecule has 0 aliphatic heterocycles. The van der Waals surface area contributed by atoms with Crippen LogP contribution in [0.5, 0.6) is 0 Å². The SMILES string of the molecule is Cn1ccnc1Cc1cn(-c2ccccc2)nc1C(N)=O. The summed E-state index contributed by atoms with van der Waals surface area (Å²) in [6.07, 6.45) is 5.92. The van der Waals surface area contributed by atoms with Gasteiger partial charge < -0.3 is 10.3 Å². The van der Waals surface area contributed by atoms with Crippen LogP contribution in [0.15, 0.2) is 48.9 Å². The van der Waals surface area contributed by atoms with Gasteiger partial charge in [-0.1, -0.05) is 18.2 Å². The second-order valence-electron chi connectivity index (χ2n) is 4.78. The average Bonchev–Trinajstić information content (AvgIpc) is 3.08. The van der Waals surface area contributed by atoms with Crippen LogP contribution in [0.3, 0.4) is 0 Å². The Hall–Kier alpha value is -2.89.